The molecule has 154 valence electrons. The maximum Gasteiger partial charge on any atom is 0.259 e. The van der Waals surface area contributed by atoms with Crippen molar-refractivity contribution in [2.75, 3.05) is 5.32 Å². The molecule has 8 heteroatoms. The first-order valence-corrected chi connectivity index (χ1v) is 10.9. The van der Waals surface area contributed by atoms with Gasteiger partial charge in [-0.05, 0) is 37.1 Å². The minimum atomic E-state index is -0.502. The number of anilines is 1. The number of para-hydroxylation sites is 2. The molecule has 0 fully saturated rings. The van der Waals surface area contributed by atoms with E-state index in [1.807, 2.05) is 38.1 Å². The van der Waals surface area contributed by atoms with Gasteiger partial charge in [-0.2, -0.15) is 0 Å². The summed E-state index contributed by atoms with van der Waals surface area (Å²) < 4.78 is 0. The van der Waals surface area contributed by atoms with Crippen molar-refractivity contribution in [3.8, 4) is 0 Å². The summed E-state index contributed by atoms with van der Waals surface area (Å²) in [6.45, 7) is 5.72. The zero-order chi connectivity index (χ0) is 21.4. The van der Waals surface area contributed by atoms with Crippen LogP contribution in [0.2, 0.25) is 5.02 Å². The highest BCUT2D eigenvalue weighted by atomic mass is 35.5. The Labute approximate surface area is 184 Å². The second-order valence-corrected chi connectivity index (χ2v) is 9.17. The fraction of sp³-hybridized carbons (Fsp3) is 0.273. The van der Waals surface area contributed by atoms with E-state index in [1.54, 1.807) is 36.1 Å². The topological polar surface area (TPSA) is 74.1 Å². The molecule has 0 saturated carbocycles. The molecule has 0 aromatic heterocycles. The monoisotopic (exact) mass is 440 g/mol. The molecule has 30 heavy (non-hydrogen) atoms. The van der Waals surface area contributed by atoms with Crippen molar-refractivity contribution < 1.29 is 9.59 Å². The number of aliphatic imine (C=N–C) groups is 2. The highest BCUT2D eigenvalue weighted by Crippen LogP contribution is 2.36. The number of rotatable bonds is 4. The molecule has 0 unspecified atom stereocenters. The van der Waals surface area contributed by atoms with E-state index in [0.717, 1.165) is 11.3 Å². The normalized spacial score (nSPS) is 18.5. The van der Waals surface area contributed by atoms with Crippen LogP contribution in [0.5, 0.6) is 0 Å². The molecule has 2 atom stereocenters. The summed E-state index contributed by atoms with van der Waals surface area (Å²) in [5, 5.41) is 3.26. The number of thioether (sulfide) groups is 1. The predicted molar refractivity (Wildman–Crippen MR) is 123 cm³/mol. The number of nitrogens with zero attached hydrogens (tertiary/aromatic N) is 3. The van der Waals surface area contributed by atoms with Crippen LogP contribution in [-0.4, -0.2) is 39.0 Å². The van der Waals surface area contributed by atoms with Crippen LogP contribution in [0, 0.1) is 5.92 Å². The van der Waals surface area contributed by atoms with E-state index >= 15 is 0 Å². The zero-order valence-corrected chi connectivity index (χ0v) is 18.4. The lowest BCUT2D eigenvalue weighted by Crippen LogP contribution is -2.43. The van der Waals surface area contributed by atoms with Crippen LogP contribution in [0.15, 0.2) is 58.5 Å². The molecule has 6 nitrogen and oxygen atoms in total. The standard InChI is InChI=1S/C22H21ClN4O2S/c1-12(2)18-21(29)27-19(26-18)14-8-4-6-10-16(14)25-22(27)30-13(3)20(28)24-17-11-7-5-9-15(17)23/h4-13,18H,1-3H3,(H,24,28)/t13-,18-/m0/s1. The summed E-state index contributed by atoms with van der Waals surface area (Å²) in [6.07, 6.45) is 0. The lowest BCUT2D eigenvalue weighted by molar-refractivity contribution is -0.125. The van der Waals surface area contributed by atoms with E-state index in [0.29, 0.717) is 21.7 Å². The molecular formula is C22H21ClN4O2S. The van der Waals surface area contributed by atoms with Gasteiger partial charge in [0.25, 0.3) is 5.91 Å². The maximum absolute atomic E-state index is 13.1. The summed E-state index contributed by atoms with van der Waals surface area (Å²) >= 11 is 7.38. The fourth-order valence-corrected chi connectivity index (χ4v) is 4.39. The van der Waals surface area contributed by atoms with Gasteiger partial charge in [0.1, 0.15) is 11.9 Å². The van der Waals surface area contributed by atoms with Gasteiger partial charge in [0.2, 0.25) is 5.91 Å². The number of nitrogens with one attached hydrogen (secondary N) is 1. The van der Waals surface area contributed by atoms with Crippen molar-refractivity contribution in [2.45, 2.75) is 32.1 Å². The molecule has 0 radical (unpaired) electrons. The van der Waals surface area contributed by atoms with Crippen LogP contribution < -0.4 is 5.32 Å². The predicted octanol–water partition coefficient (Wildman–Crippen LogP) is 4.71. The van der Waals surface area contributed by atoms with E-state index in [1.165, 1.54) is 11.8 Å². The number of halogens is 1. The molecule has 0 saturated heterocycles. The molecule has 2 aliphatic rings. The Morgan fingerprint density at radius 2 is 1.83 bits per heavy atom. The van der Waals surface area contributed by atoms with Crippen molar-refractivity contribution >= 4 is 57.6 Å². The SMILES string of the molecule is CC(C)[C@@H]1N=C2c3ccccc3N=C(S[C@@H](C)C(=O)Nc3ccccc3Cl)N2C1=O. The van der Waals surface area contributed by atoms with Gasteiger partial charge in [-0.3, -0.25) is 14.6 Å². The van der Waals surface area contributed by atoms with Crippen molar-refractivity contribution in [1.82, 2.24) is 4.90 Å². The van der Waals surface area contributed by atoms with Crippen LogP contribution in [0.4, 0.5) is 11.4 Å². The largest absolute Gasteiger partial charge is 0.324 e. The van der Waals surface area contributed by atoms with E-state index in [2.05, 4.69) is 10.3 Å². The number of amides is 2. The summed E-state index contributed by atoms with van der Waals surface area (Å²) in [4.78, 5) is 36.8. The Hall–Kier alpha value is -2.64. The molecule has 0 spiro atoms. The quantitative estimate of drug-likeness (QED) is 0.747. The molecule has 0 aliphatic carbocycles. The Kier molecular flexibility index (Phi) is 5.66. The average molecular weight is 441 g/mol. The molecule has 2 heterocycles. The van der Waals surface area contributed by atoms with Gasteiger partial charge in [0.05, 0.1) is 21.6 Å². The number of hydrogen-bond donors (Lipinski definition) is 1. The van der Waals surface area contributed by atoms with Crippen molar-refractivity contribution in [1.29, 1.82) is 0 Å². The number of carbonyl (C=O) groups is 2. The number of amidine groups is 2. The van der Waals surface area contributed by atoms with Gasteiger partial charge in [-0.25, -0.2) is 9.89 Å². The van der Waals surface area contributed by atoms with Crippen LogP contribution in [-0.2, 0) is 9.59 Å². The Bertz CT molecular complexity index is 1080. The van der Waals surface area contributed by atoms with Gasteiger partial charge >= 0.3 is 0 Å². The Balaban J connectivity index is 1.61. The molecule has 2 amide bonds. The summed E-state index contributed by atoms with van der Waals surface area (Å²) in [6, 6.07) is 14.2. The van der Waals surface area contributed by atoms with E-state index in [9.17, 15) is 9.59 Å². The first-order chi connectivity index (χ1) is 14.4. The second-order valence-electron chi connectivity index (χ2n) is 7.46. The van der Waals surface area contributed by atoms with Gasteiger partial charge < -0.3 is 5.32 Å². The van der Waals surface area contributed by atoms with Crippen LogP contribution in [0.1, 0.15) is 26.3 Å². The third-order valence-electron chi connectivity index (χ3n) is 4.91. The minimum Gasteiger partial charge on any atom is -0.324 e. The summed E-state index contributed by atoms with van der Waals surface area (Å²) in [5.41, 5.74) is 2.12. The highest BCUT2D eigenvalue weighted by Gasteiger charge is 2.43. The van der Waals surface area contributed by atoms with Crippen molar-refractivity contribution in [3.63, 3.8) is 0 Å². The van der Waals surface area contributed by atoms with E-state index < -0.39 is 11.3 Å². The molecule has 0 bridgehead atoms. The van der Waals surface area contributed by atoms with Crippen LogP contribution in [0.25, 0.3) is 0 Å². The van der Waals surface area contributed by atoms with Crippen molar-refractivity contribution in [2.24, 2.45) is 15.9 Å². The number of benzene rings is 2. The van der Waals surface area contributed by atoms with Gasteiger partial charge in [0.15, 0.2) is 5.17 Å². The average Bonchev–Trinajstić information content (AvgIpc) is 3.08. The third-order valence-corrected chi connectivity index (χ3v) is 6.30. The second kappa shape index (κ2) is 8.24. The lowest BCUT2D eigenvalue weighted by atomic mass is 10.1. The smallest absolute Gasteiger partial charge is 0.259 e. The Morgan fingerprint density at radius 1 is 1.13 bits per heavy atom. The number of fused-ring (bicyclic) bond motifs is 3. The summed E-state index contributed by atoms with van der Waals surface area (Å²) in [5.74, 6) is 0.333. The van der Waals surface area contributed by atoms with Gasteiger partial charge in [-0.1, -0.05) is 61.5 Å². The molecule has 2 aromatic rings. The number of carbonyl (C=O) groups excluding carboxylic acids is 2. The van der Waals surface area contributed by atoms with Crippen LogP contribution >= 0.6 is 23.4 Å². The molecule has 4 rings (SSSR count). The number of hydrogen-bond acceptors (Lipinski definition) is 5. The molecular weight excluding hydrogens is 420 g/mol. The summed E-state index contributed by atoms with van der Waals surface area (Å²) in [7, 11) is 0. The van der Waals surface area contributed by atoms with Gasteiger partial charge in [0, 0.05) is 5.56 Å². The van der Waals surface area contributed by atoms with Crippen molar-refractivity contribution in [3.05, 3.63) is 59.1 Å². The maximum atomic E-state index is 13.1. The third kappa shape index (κ3) is 3.75. The van der Waals surface area contributed by atoms with Gasteiger partial charge in [-0.15, -0.1) is 0 Å². The highest BCUT2D eigenvalue weighted by molar-refractivity contribution is 8.15. The minimum absolute atomic E-state index is 0.0648. The first kappa shape index (κ1) is 20.6. The molecule has 2 aliphatic heterocycles. The molecule has 1 N–H and O–H groups in total. The van der Waals surface area contributed by atoms with E-state index in [-0.39, 0.29) is 17.7 Å². The van der Waals surface area contributed by atoms with Crippen LogP contribution in [0.3, 0.4) is 0 Å². The first-order valence-electron chi connectivity index (χ1n) is 9.68. The molecule has 2 aromatic carbocycles. The zero-order valence-electron chi connectivity index (χ0n) is 16.8. The van der Waals surface area contributed by atoms with E-state index in [4.69, 9.17) is 16.6 Å². The fourth-order valence-electron chi connectivity index (χ4n) is 3.29. The lowest BCUT2D eigenvalue weighted by Gasteiger charge is -2.27. The Morgan fingerprint density at radius 3 is 2.57 bits per heavy atom.